The number of hydrogen-bond donors (Lipinski definition) is 0. The van der Waals surface area contributed by atoms with E-state index < -0.39 is 0 Å². The normalized spacial score (nSPS) is 11.4. The third-order valence-electron chi connectivity index (χ3n) is 8.14. The van der Waals surface area contributed by atoms with Crippen LogP contribution in [0.3, 0.4) is 0 Å². The lowest BCUT2D eigenvalue weighted by Crippen LogP contribution is -2.35. The number of nitrogens with zero attached hydrogens (tertiary/aromatic N) is 4. The Morgan fingerprint density at radius 3 is 1.21 bits per heavy atom. The van der Waals surface area contributed by atoms with Crippen molar-refractivity contribution in [3.8, 4) is 11.4 Å². The van der Waals surface area contributed by atoms with E-state index in [0.29, 0.717) is 0 Å². The summed E-state index contributed by atoms with van der Waals surface area (Å²) in [4.78, 5) is 0. The van der Waals surface area contributed by atoms with Crippen molar-refractivity contribution < 1.29 is 9.13 Å². The van der Waals surface area contributed by atoms with E-state index in [1.807, 2.05) is 0 Å². The van der Waals surface area contributed by atoms with Gasteiger partial charge >= 0.3 is 0 Å². The van der Waals surface area contributed by atoms with Gasteiger partial charge in [-0.1, -0.05) is 41.5 Å². The molecule has 0 N–H and O–H groups in total. The number of hydrogen-bond acceptors (Lipinski definition) is 0. The Hall–Kier alpha value is -3.92. The van der Waals surface area contributed by atoms with Crippen LogP contribution in [0, 0.1) is 62.3 Å². The van der Waals surface area contributed by atoms with Crippen LogP contribution in [0.25, 0.3) is 11.4 Å². The van der Waals surface area contributed by atoms with Crippen molar-refractivity contribution >= 4 is 0 Å². The van der Waals surface area contributed by atoms with Crippen molar-refractivity contribution in [3.05, 3.63) is 129 Å². The highest BCUT2D eigenvalue weighted by atomic mass is 15.1. The highest BCUT2D eigenvalue weighted by Gasteiger charge is 2.19. The molecule has 0 saturated carbocycles. The zero-order valence-corrected chi connectivity index (χ0v) is 25.1. The van der Waals surface area contributed by atoms with E-state index in [1.165, 1.54) is 72.6 Å². The zero-order chi connectivity index (χ0) is 28.0. The SMILES string of the molecule is Cc1cc(C)c(-n2cc[n+](Cc3c(C)cc(C)c(C[n+]4ccn(-c5c(C)cc(C)cc5C)c4)c3C)c2)c(C)c1. The fourth-order valence-electron chi connectivity index (χ4n) is 6.52. The molecule has 39 heavy (non-hydrogen) atoms. The topological polar surface area (TPSA) is 17.6 Å². The monoisotopic (exact) mass is 518 g/mol. The average Bonchev–Trinajstić information content (AvgIpc) is 3.48. The van der Waals surface area contributed by atoms with E-state index in [2.05, 4.69) is 148 Å². The summed E-state index contributed by atoms with van der Waals surface area (Å²) in [6.07, 6.45) is 13.2. The summed E-state index contributed by atoms with van der Waals surface area (Å²) >= 11 is 0. The zero-order valence-electron chi connectivity index (χ0n) is 25.1. The number of rotatable bonds is 6. The van der Waals surface area contributed by atoms with Gasteiger partial charge in [0.15, 0.2) is 0 Å². The summed E-state index contributed by atoms with van der Waals surface area (Å²) in [5, 5.41) is 0. The first kappa shape index (κ1) is 26.7. The van der Waals surface area contributed by atoms with Crippen molar-refractivity contribution in [2.24, 2.45) is 0 Å². The Morgan fingerprint density at radius 2 is 0.846 bits per heavy atom. The Balaban J connectivity index is 1.44. The molecule has 5 aromatic rings. The van der Waals surface area contributed by atoms with Gasteiger partial charge < -0.3 is 0 Å². The van der Waals surface area contributed by atoms with Gasteiger partial charge in [-0.3, -0.25) is 0 Å². The van der Waals surface area contributed by atoms with E-state index in [-0.39, 0.29) is 0 Å². The molecule has 3 aromatic carbocycles. The molecule has 0 atom stereocenters. The van der Waals surface area contributed by atoms with Crippen molar-refractivity contribution in [1.29, 1.82) is 0 Å². The van der Waals surface area contributed by atoms with E-state index in [0.717, 1.165) is 13.1 Å². The van der Waals surface area contributed by atoms with Gasteiger partial charge in [0.05, 0.1) is 0 Å². The highest BCUT2D eigenvalue weighted by Crippen LogP contribution is 2.24. The number of imidazole rings is 2. The van der Waals surface area contributed by atoms with Crippen LogP contribution in [0.5, 0.6) is 0 Å². The van der Waals surface area contributed by atoms with Crippen LogP contribution in [0.1, 0.15) is 61.2 Å². The minimum absolute atomic E-state index is 0.856. The Bertz CT molecular complexity index is 1530. The fourth-order valence-corrected chi connectivity index (χ4v) is 6.52. The van der Waals surface area contributed by atoms with Crippen LogP contribution < -0.4 is 9.13 Å². The number of benzene rings is 3. The highest BCUT2D eigenvalue weighted by molar-refractivity contribution is 5.50. The Morgan fingerprint density at radius 1 is 0.487 bits per heavy atom. The molecule has 4 nitrogen and oxygen atoms in total. The summed E-state index contributed by atoms with van der Waals surface area (Å²) in [6, 6.07) is 11.4. The lowest BCUT2D eigenvalue weighted by molar-refractivity contribution is -0.688. The van der Waals surface area contributed by atoms with Crippen molar-refractivity contribution in [3.63, 3.8) is 0 Å². The fraction of sp³-hybridized carbons (Fsp3) is 0.314. The van der Waals surface area contributed by atoms with E-state index in [1.54, 1.807) is 0 Å². The van der Waals surface area contributed by atoms with Crippen molar-refractivity contribution in [2.75, 3.05) is 0 Å². The summed E-state index contributed by atoms with van der Waals surface area (Å²) in [6.45, 7) is 21.6. The molecule has 0 fully saturated rings. The molecule has 5 rings (SSSR count). The molecule has 0 aliphatic heterocycles. The van der Waals surface area contributed by atoms with Gasteiger partial charge in [0, 0.05) is 0 Å². The number of aromatic nitrogens is 4. The molecule has 0 bridgehead atoms. The van der Waals surface area contributed by atoms with Gasteiger partial charge in [-0.15, -0.1) is 0 Å². The van der Waals surface area contributed by atoms with Gasteiger partial charge in [-0.05, 0) is 112 Å². The Kier molecular flexibility index (Phi) is 7.07. The lowest BCUT2D eigenvalue weighted by Gasteiger charge is -2.15. The third-order valence-corrected chi connectivity index (χ3v) is 8.14. The molecule has 200 valence electrons. The van der Waals surface area contributed by atoms with Gasteiger partial charge in [-0.2, -0.15) is 0 Å². The maximum Gasteiger partial charge on any atom is 0.249 e. The van der Waals surface area contributed by atoms with Gasteiger partial charge in [0.25, 0.3) is 0 Å². The van der Waals surface area contributed by atoms with Crippen LogP contribution in [0.2, 0.25) is 0 Å². The minimum atomic E-state index is 0.856. The molecule has 0 amide bonds. The van der Waals surface area contributed by atoms with Crippen LogP contribution in [-0.4, -0.2) is 9.13 Å². The average molecular weight is 519 g/mol. The molecule has 4 heteroatoms. The van der Waals surface area contributed by atoms with E-state index in [4.69, 9.17) is 0 Å². The molecule has 0 aliphatic rings. The molecule has 0 unspecified atom stereocenters. The minimum Gasteiger partial charge on any atom is -0.232 e. The van der Waals surface area contributed by atoms with Crippen molar-refractivity contribution in [1.82, 2.24) is 9.13 Å². The van der Waals surface area contributed by atoms with Crippen LogP contribution in [0.4, 0.5) is 0 Å². The first-order chi connectivity index (χ1) is 18.5. The predicted molar refractivity (Wildman–Crippen MR) is 159 cm³/mol. The second kappa shape index (κ2) is 10.3. The van der Waals surface area contributed by atoms with Crippen LogP contribution in [-0.2, 0) is 13.1 Å². The first-order valence-corrected chi connectivity index (χ1v) is 13.9. The van der Waals surface area contributed by atoms with Crippen molar-refractivity contribution in [2.45, 2.75) is 75.4 Å². The van der Waals surface area contributed by atoms with Gasteiger partial charge in [0.1, 0.15) is 49.3 Å². The summed E-state index contributed by atoms with van der Waals surface area (Å²) in [7, 11) is 0. The van der Waals surface area contributed by atoms with Gasteiger partial charge in [-0.25, -0.2) is 18.3 Å². The maximum absolute atomic E-state index is 2.36. The second-order valence-electron chi connectivity index (χ2n) is 11.6. The van der Waals surface area contributed by atoms with Gasteiger partial charge in [0.2, 0.25) is 12.7 Å². The molecular weight excluding hydrogens is 476 g/mol. The summed E-state index contributed by atoms with van der Waals surface area (Å²) in [5.74, 6) is 0. The standard InChI is InChI=1S/C35H42N4/c1-23-14-27(5)34(28(6)15-23)38-12-10-36(21-38)19-32-25(3)18-26(4)33(31(32)9)20-37-11-13-39(22-37)35-29(7)16-24(2)17-30(35)8/h10-18,21-22H,19-20H2,1-9H3/q+2. The molecule has 0 spiro atoms. The number of aryl methyl sites for hydroxylation is 8. The smallest absolute Gasteiger partial charge is 0.232 e. The first-order valence-electron chi connectivity index (χ1n) is 13.9. The molecule has 2 aromatic heterocycles. The second-order valence-corrected chi connectivity index (χ2v) is 11.6. The van der Waals surface area contributed by atoms with Crippen LogP contribution in [0.15, 0.2) is 67.8 Å². The quantitative estimate of drug-likeness (QED) is 0.222. The van der Waals surface area contributed by atoms with Crippen LogP contribution >= 0.6 is 0 Å². The predicted octanol–water partition coefficient (Wildman–Crippen LogP) is 6.72. The van der Waals surface area contributed by atoms with E-state index in [9.17, 15) is 0 Å². The molecular formula is C35H42N4+2. The van der Waals surface area contributed by atoms with E-state index >= 15 is 0 Å². The maximum atomic E-state index is 2.36. The molecule has 2 heterocycles. The molecule has 0 saturated heterocycles. The summed E-state index contributed by atoms with van der Waals surface area (Å²) in [5.41, 5.74) is 17.3. The third kappa shape index (κ3) is 5.21. The Labute approximate surface area is 233 Å². The molecule has 0 radical (unpaired) electrons. The molecule has 0 aliphatic carbocycles. The largest absolute Gasteiger partial charge is 0.249 e. The lowest BCUT2D eigenvalue weighted by atomic mass is 9.93. The summed E-state index contributed by atoms with van der Waals surface area (Å²) < 4.78 is 9.13.